The van der Waals surface area contributed by atoms with Gasteiger partial charge in [-0.25, -0.2) is 4.79 Å². The quantitative estimate of drug-likeness (QED) is 0.737. The monoisotopic (exact) mass is 393 g/mol. The zero-order valence-electron chi connectivity index (χ0n) is 16.5. The van der Waals surface area contributed by atoms with Gasteiger partial charge < -0.3 is 19.0 Å². The van der Waals surface area contributed by atoms with Gasteiger partial charge in [0, 0.05) is 38.0 Å². The lowest BCUT2D eigenvalue weighted by molar-refractivity contribution is 0.0723. The van der Waals surface area contributed by atoms with Crippen LogP contribution in [0, 0.1) is 0 Å². The zero-order valence-corrected chi connectivity index (χ0v) is 16.5. The highest BCUT2D eigenvalue weighted by Gasteiger charge is 2.35. The van der Waals surface area contributed by atoms with Crippen LogP contribution in [0.5, 0.6) is 0 Å². The van der Waals surface area contributed by atoms with Crippen LogP contribution in [-0.4, -0.2) is 42.1 Å². The Morgan fingerprint density at radius 1 is 1.21 bits per heavy atom. The van der Waals surface area contributed by atoms with Gasteiger partial charge in [0.2, 0.25) is 0 Å². The molecule has 1 saturated heterocycles. The molecule has 29 heavy (non-hydrogen) atoms. The van der Waals surface area contributed by atoms with E-state index in [0.717, 1.165) is 41.9 Å². The van der Waals surface area contributed by atoms with E-state index in [2.05, 4.69) is 28.9 Å². The minimum Gasteiger partial charge on any atom is -0.408 e. The van der Waals surface area contributed by atoms with Gasteiger partial charge in [0.1, 0.15) is 0 Å². The van der Waals surface area contributed by atoms with Gasteiger partial charge >= 0.3 is 5.76 Å². The Morgan fingerprint density at radius 2 is 2.07 bits per heavy atom. The molecular weight excluding hydrogens is 370 g/mol. The smallest absolute Gasteiger partial charge is 0.408 e. The molecule has 1 N–H and O–H groups in total. The molecule has 0 aliphatic carbocycles. The summed E-state index contributed by atoms with van der Waals surface area (Å²) in [7, 11) is 1.75. The van der Waals surface area contributed by atoms with Crippen LogP contribution in [0.25, 0.3) is 11.1 Å². The third kappa shape index (κ3) is 3.02. The summed E-state index contributed by atoms with van der Waals surface area (Å²) in [4.78, 5) is 31.3. The zero-order chi connectivity index (χ0) is 20.1. The van der Waals surface area contributed by atoms with Gasteiger partial charge in [-0.3, -0.25) is 9.78 Å². The number of aromatic nitrogens is 1. The number of oxazole rings is 1. The summed E-state index contributed by atoms with van der Waals surface area (Å²) in [5.74, 6) is -0.437. The third-order valence-electron chi connectivity index (χ3n) is 6.13. The molecule has 5 rings (SSSR count). The van der Waals surface area contributed by atoms with E-state index >= 15 is 0 Å². The Hall–Kier alpha value is -3.06. The average Bonchev–Trinajstić information content (AvgIpc) is 3.40. The molecule has 7 nitrogen and oxygen atoms in total. The molecule has 2 aliphatic heterocycles. The number of carbonyl (C=O) groups is 1. The van der Waals surface area contributed by atoms with E-state index in [1.807, 2.05) is 29.2 Å². The van der Waals surface area contributed by atoms with E-state index in [9.17, 15) is 9.59 Å². The molecule has 3 heterocycles. The molecule has 2 aliphatic rings. The van der Waals surface area contributed by atoms with Crippen LogP contribution in [-0.2, 0) is 11.3 Å². The molecule has 2 atom stereocenters. The minimum atomic E-state index is -0.472. The summed E-state index contributed by atoms with van der Waals surface area (Å²) >= 11 is 0. The van der Waals surface area contributed by atoms with Crippen LogP contribution >= 0.6 is 0 Å². The lowest BCUT2D eigenvalue weighted by Crippen LogP contribution is -2.26. The molecule has 7 heteroatoms. The first-order valence-electron chi connectivity index (χ1n) is 9.88. The summed E-state index contributed by atoms with van der Waals surface area (Å²) < 4.78 is 10.6. The minimum absolute atomic E-state index is 0.00854. The first-order chi connectivity index (χ1) is 14.0. The van der Waals surface area contributed by atoms with Gasteiger partial charge in [-0.1, -0.05) is 12.1 Å². The van der Waals surface area contributed by atoms with Crippen molar-refractivity contribution in [2.75, 3.05) is 25.1 Å². The normalized spacial score (nSPS) is 21.4. The first-order valence-corrected chi connectivity index (χ1v) is 9.88. The highest BCUT2D eigenvalue weighted by atomic mass is 16.5. The number of amides is 1. The molecule has 0 spiro atoms. The number of H-pyrrole nitrogens is 1. The Morgan fingerprint density at radius 3 is 2.86 bits per heavy atom. The summed E-state index contributed by atoms with van der Waals surface area (Å²) in [6.07, 6.45) is 1.25. The molecule has 0 bridgehead atoms. The maximum atomic E-state index is 13.2. The Labute approximate surface area is 167 Å². The molecule has 2 unspecified atom stereocenters. The number of carbonyl (C=O) groups excluding carboxylic acids is 1. The standard InChI is InChI=1S/C22H23N3O4/c1-13-17-5-4-15(24-8-7-16(12-24)28-2)10-18(17)21(26)25(13)11-14-3-6-19-20(9-14)29-22(27)23-19/h3-6,9-10,13,16H,7-8,11-12H2,1-2H3,(H,23,27). The van der Waals surface area contributed by atoms with Crippen molar-refractivity contribution in [2.24, 2.45) is 0 Å². The topological polar surface area (TPSA) is 78.8 Å². The average molecular weight is 393 g/mol. The highest BCUT2D eigenvalue weighted by Crippen LogP contribution is 2.37. The molecule has 3 aromatic rings. The molecule has 1 fully saturated rings. The van der Waals surface area contributed by atoms with Gasteiger partial charge in [0.15, 0.2) is 5.58 Å². The number of nitrogens with zero attached hydrogens (tertiary/aromatic N) is 2. The fourth-order valence-electron chi connectivity index (χ4n) is 4.44. The van der Waals surface area contributed by atoms with Gasteiger partial charge in [-0.05, 0) is 48.7 Å². The van der Waals surface area contributed by atoms with Crippen LogP contribution in [0.1, 0.15) is 40.9 Å². The number of rotatable bonds is 4. The predicted molar refractivity (Wildman–Crippen MR) is 109 cm³/mol. The maximum Gasteiger partial charge on any atom is 0.417 e. The van der Waals surface area contributed by atoms with Crippen molar-refractivity contribution < 1.29 is 13.9 Å². The number of methoxy groups -OCH3 is 1. The van der Waals surface area contributed by atoms with Crippen LogP contribution in [0.4, 0.5) is 5.69 Å². The summed E-state index contributed by atoms with van der Waals surface area (Å²) in [6, 6.07) is 11.7. The van der Waals surface area contributed by atoms with Crippen molar-refractivity contribution in [3.63, 3.8) is 0 Å². The van der Waals surface area contributed by atoms with Crippen LogP contribution in [0.3, 0.4) is 0 Å². The lowest BCUT2D eigenvalue weighted by atomic mass is 10.0. The van der Waals surface area contributed by atoms with E-state index in [0.29, 0.717) is 17.6 Å². The van der Waals surface area contributed by atoms with Crippen molar-refractivity contribution in [2.45, 2.75) is 32.0 Å². The van der Waals surface area contributed by atoms with E-state index < -0.39 is 5.76 Å². The highest BCUT2D eigenvalue weighted by molar-refractivity contribution is 6.00. The van der Waals surface area contributed by atoms with Gasteiger partial charge in [-0.15, -0.1) is 0 Å². The predicted octanol–water partition coefficient (Wildman–Crippen LogP) is 3.06. The number of ether oxygens (including phenoxy) is 1. The van der Waals surface area contributed by atoms with Crippen molar-refractivity contribution in [1.82, 2.24) is 9.88 Å². The number of anilines is 1. The number of aromatic amines is 1. The Bertz CT molecular complexity index is 1150. The second-order valence-corrected chi connectivity index (χ2v) is 7.82. The molecule has 0 radical (unpaired) electrons. The third-order valence-corrected chi connectivity index (χ3v) is 6.13. The van der Waals surface area contributed by atoms with Crippen LogP contribution in [0.2, 0.25) is 0 Å². The second-order valence-electron chi connectivity index (χ2n) is 7.82. The number of fused-ring (bicyclic) bond motifs is 2. The number of nitrogens with one attached hydrogen (secondary N) is 1. The fraction of sp³-hybridized carbons (Fsp3) is 0.364. The van der Waals surface area contributed by atoms with E-state index in [1.165, 1.54) is 0 Å². The number of benzene rings is 2. The van der Waals surface area contributed by atoms with E-state index in [-0.39, 0.29) is 18.1 Å². The molecular formula is C22H23N3O4. The molecule has 150 valence electrons. The molecule has 1 amide bonds. The van der Waals surface area contributed by atoms with Crippen molar-refractivity contribution in [3.05, 3.63) is 63.6 Å². The van der Waals surface area contributed by atoms with Gasteiger partial charge in [0.05, 0.1) is 17.7 Å². The number of hydrogen-bond acceptors (Lipinski definition) is 5. The lowest BCUT2D eigenvalue weighted by Gasteiger charge is -2.22. The van der Waals surface area contributed by atoms with E-state index in [4.69, 9.17) is 9.15 Å². The Kier molecular flexibility index (Phi) is 4.20. The van der Waals surface area contributed by atoms with Gasteiger partial charge in [0.25, 0.3) is 5.91 Å². The summed E-state index contributed by atoms with van der Waals surface area (Å²) in [5.41, 5.74) is 4.98. The molecule has 2 aromatic carbocycles. The number of hydrogen-bond donors (Lipinski definition) is 1. The second kappa shape index (κ2) is 6.77. The summed E-state index contributed by atoms with van der Waals surface area (Å²) in [6.45, 7) is 4.30. The Balaban J connectivity index is 1.40. The fourth-order valence-corrected chi connectivity index (χ4v) is 4.44. The van der Waals surface area contributed by atoms with Crippen molar-refractivity contribution >= 4 is 22.7 Å². The SMILES string of the molecule is COC1CCN(c2ccc3c(c2)C(=O)N(Cc2ccc4[nH]c(=O)oc4c2)C3C)C1. The summed E-state index contributed by atoms with van der Waals surface area (Å²) in [5, 5.41) is 0. The van der Waals surface area contributed by atoms with Crippen molar-refractivity contribution in [3.8, 4) is 0 Å². The van der Waals surface area contributed by atoms with Gasteiger partial charge in [-0.2, -0.15) is 0 Å². The molecule has 1 aromatic heterocycles. The maximum absolute atomic E-state index is 13.2. The van der Waals surface area contributed by atoms with Crippen molar-refractivity contribution in [1.29, 1.82) is 0 Å². The largest absolute Gasteiger partial charge is 0.417 e. The van der Waals surface area contributed by atoms with Crippen LogP contribution in [0.15, 0.2) is 45.6 Å². The van der Waals surface area contributed by atoms with E-state index in [1.54, 1.807) is 7.11 Å². The molecule has 0 saturated carbocycles. The van der Waals surface area contributed by atoms with Crippen LogP contribution < -0.4 is 10.7 Å². The first kappa shape index (κ1) is 18.0.